The van der Waals surface area contributed by atoms with E-state index >= 15 is 0 Å². The predicted octanol–water partition coefficient (Wildman–Crippen LogP) is 13.5. The summed E-state index contributed by atoms with van der Waals surface area (Å²) in [5.74, 6) is 0. The molecule has 9 nitrogen and oxygen atoms in total. The van der Waals surface area contributed by atoms with Crippen molar-refractivity contribution in [2.24, 2.45) is 0 Å². The van der Waals surface area contributed by atoms with E-state index in [4.69, 9.17) is 0 Å². The molecule has 0 saturated carbocycles. The number of allylic oxidation sites excluding steroid dienone is 6. The second-order valence-electron chi connectivity index (χ2n) is 25.4. The molecule has 0 amide bonds. The van der Waals surface area contributed by atoms with Gasteiger partial charge in [0.05, 0.1) is 50.4 Å². The van der Waals surface area contributed by atoms with E-state index in [9.17, 15) is 46.0 Å². The summed E-state index contributed by atoms with van der Waals surface area (Å²) in [6.07, 6.45) is 28.8. The van der Waals surface area contributed by atoms with Gasteiger partial charge in [-0.15, -0.1) is 6.58 Å². The molecule has 0 radical (unpaired) electrons. The van der Waals surface area contributed by atoms with Crippen LogP contribution in [0.25, 0.3) is 0 Å². The summed E-state index contributed by atoms with van der Waals surface area (Å²) in [4.78, 5) is 0. The summed E-state index contributed by atoms with van der Waals surface area (Å²) in [5.41, 5.74) is -3.74. The van der Waals surface area contributed by atoms with Gasteiger partial charge in [-0.1, -0.05) is 41.0 Å². The van der Waals surface area contributed by atoms with E-state index in [0.29, 0.717) is 141 Å². The van der Waals surface area contributed by atoms with Crippen molar-refractivity contribution in [2.45, 2.75) is 333 Å². The van der Waals surface area contributed by atoms with Crippen LogP contribution >= 0.6 is 0 Å². The minimum absolute atomic E-state index is 0.547. The van der Waals surface area contributed by atoms with Crippen molar-refractivity contribution < 1.29 is 46.0 Å². The second-order valence-corrected chi connectivity index (χ2v) is 25.4. The fourth-order valence-electron chi connectivity index (χ4n) is 9.83. The van der Waals surface area contributed by atoms with Crippen molar-refractivity contribution in [1.82, 2.24) is 0 Å². The molecule has 0 rings (SSSR count). The third-order valence-electron chi connectivity index (χ3n) is 15.2. The number of hydrogen-bond acceptors (Lipinski definition) is 9. The quantitative estimate of drug-likeness (QED) is 0.0269. The molecule has 0 unspecified atom stereocenters. The summed E-state index contributed by atoms with van der Waals surface area (Å²) in [6, 6.07) is 0. The molecular formula is C60H114O9. The topological polar surface area (TPSA) is 182 Å². The van der Waals surface area contributed by atoms with Gasteiger partial charge in [-0.25, -0.2) is 0 Å². The van der Waals surface area contributed by atoms with E-state index in [2.05, 4.69) is 52.5 Å². The smallest absolute Gasteiger partial charge is 0.0800 e. The van der Waals surface area contributed by atoms with Gasteiger partial charge < -0.3 is 46.0 Å². The Morgan fingerprint density at radius 3 is 0.812 bits per heavy atom. The average Bonchev–Trinajstić information content (AvgIpc) is 3.16. The normalized spacial score (nSPS) is 20.7. The molecule has 0 spiro atoms. The van der Waals surface area contributed by atoms with Crippen molar-refractivity contribution >= 4 is 0 Å². The molecule has 408 valence electrons. The van der Waals surface area contributed by atoms with Gasteiger partial charge in [0.2, 0.25) is 0 Å². The van der Waals surface area contributed by atoms with Gasteiger partial charge in [0.25, 0.3) is 0 Å². The molecule has 0 fully saturated rings. The Morgan fingerprint density at radius 1 is 0.304 bits per heavy atom. The SMILES string of the molecule is C=C[C@](C)(O)CC/C=C(\C)CC/C=C(\C)CCC[C@](C)(O)CCC[C@@](C)(O)CCC[C@](C)(O)CCC[C@@](C)(O)CCC[C@@](C)(O)CCC[C@](C)(O)CCC[C@@](C)(O)CCC[C@](C)(O)CCC=C(C)C. The van der Waals surface area contributed by atoms with Crippen LogP contribution in [-0.2, 0) is 0 Å². The maximum Gasteiger partial charge on any atom is 0.0800 e. The fraction of sp³-hybridized carbons (Fsp3) is 0.867. The zero-order valence-electron chi connectivity index (χ0n) is 47.3. The van der Waals surface area contributed by atoms with Crippen molar-refractivity contribution in [1.29, 1.82) is 0 Å². The molecule has 0 aliphatic rings. The van der Waals surface area contributed by atoms with Crippen LogP contribution in [0.4, 0.5) is 0 Å². The minimum atomic E-state index is -0.908. The Bertz CT molecular complexity index is 1490. The van der Waals surface area contributed by atoms with Crippen LogP contribution in [0.3, 0.4) is 0 Å². The molecule has 0 bridgehead atoms. The second kappa shape index (κ2) is 31.4. The predicted molar refractivity (Wildman–Crippen MR) is 291 cm³/mol. The van der Waals surface area contributed by atoms with Crippen LogP contribution in [0.5, 0.6) is 0 Å². The molecule has 0 aromatic rings. The highest BCUT2D eigenvalue weighted by Crippen LogP contribution is 2.33. The average molecular weight is 980 g/mol. The first-order valence-electron chi connectivity index (χ1n) is 27.5. The maximum atomic E-state index is 11.2. The molecule has 0 saturated heterocycles. The van der Waals surface area contributed by atoms with Gasteiger partial charge >= 0.3 is 0 Å². The molecule has 0 heterocycles. The summed E-state index contributed by atoms with van der Waals surface area (Å²) >= 11 is 0. The van der Waals surface area contributed by atoms with Gasteiger partial charge in [0, 0.05) is 0 Å². The monoisotopic (exact) mass is 979 g/mol. The van der Waals surface area contributed by atoms with Crippen LogP contribution in [0.1, 0.15) is 283 Å². The van der Waals surface area contributed by atoms with Gasteiger partial charge in [-0.3, -0.25) is 0 Å². The minimum Gasteiger partial charge on any atom is -0.390 e. The van der Waals surface area contributed by atoms with Gasteiger partial charge in [0.15, 0.2) is 0 Å². The lowest BCUT2D eigenvalue weighted by Crippen LogP contribution is -2.31. The Labute approximate surface area is 425 Å². The van der Waals surface area contributed by atoms with E-state index in [0.717, 1.165) is 51.4 Å². The van der Waals surface area contributed by atoms with Crippen LogP contribution in [-0.4, -0.2) is 96.4 Å². The summed E-state index contributed by atoms with van der Waals surface area (Å²) < 4.78 is 0. The lowest BCUT2D eigenvalue weighted by Gasteiger charge is -2.31. The van der Waals surface area contributed by atoms with Crippen LogP contribution in [0.15, 0.2) is 47.6 Å². The Kier molecular flexibility index (Phi) is 30.7. The van der Waals surface area contributed by atoms with Crippen LogP contribution < -0.4 is 0 Å². The number of hydrogen-bond donors (Lipinski definition) is 9. The summed E-state index contributed by atoms with van der Waals surface area (Å²) in [5, 5.41) is 98.5. The lowest BCUT2D eigenvalue weighted by atomic mass is 9.83. The first kappa shape index (κ1) is 67.6. The first-order valence-corrected chi connectivity index (χ1v) is 27.5. The van der Waals surface area contributed by atoms with Gasteiger partial charge in [-0.05, 0) is 283 Å². The van der Waals surface area contributed by atoms with E-state index in [1.165, 1.54) is 16.7 Å². The standard InChI is InChI=1S/C60H114O9/c1-15-52(6,61)32-18-30-50(4)28-16-29-51(5)31-19-34-54(8,63)36-21-38-56(10,65)40-23-42-58(12,67)44-25-46-60(14,69)48-26-47-59(13,68)45-24-43-57(11,66)41-22-39-55(9,64)37-20-35-53(7,62)33-17-27-49(2)3/h15,27,29-30,61-69H,1,16-26,28,31-48H2,2-14H3/b50-30+,51-29+/t52-,53+,54-,55-,56+,57+,58-,59-,60+/m0/s1. The number of rotatable bonds is 42. The van der Waals surface area contributed by atoms with Crippen molar-refractivity contribution in [2.75, 3.05) is 0 Å². The van der Waals surface area contributed by atoms with Gasteiger partial charge in [0.1, 0.15) is 0 Å². The molecule has 0 aliphatic carbocycles. The summed E-state index contributed by atoms with van der Waals surface area (Å²) in [6.45, 7) is 28.7. The Balaban J connectivity index is 4.44. The highest BCUT2D eigenvalue weighted by molar-refractivity contribution is 5.05. The summed E-state index contributed by atoms with van der Waals surface area (Å²) in [7, 11) is 0. The van der Waals surface area contributed by atoms with Crippen molar-refractivity contribution in [3.8, 4) is 0 Å². The zero-order chi connectivity index (χ0) is 53.3. The van der Waals surface area contributed by atoms with Crippen LogP contribution in [0, 0.1) is 0 Å². The third-order valence-corrected chi connectivity index (χ3v) is 15.2. The molecule has 69 heavy (non-hydrogen) atoms. The van der Waals surface area contributed by atoms with Crippen molar-refractivity contribution in [3.05, 3.63) is 47.6 Å². The maximum absolute atomic E-state index is 11.2. The van der Waals surface area contributed by atoms with Gasteiger partial charge in [-0.2, -0.15) is 0 Å². The zero-order valence-corrected chi connectivity index (χ0v) is 47.3. The number of aliphatic hydroxyl groups is 9. The molecule has 0 aromatic heterocycles. The van der Waals surface area contributed by atoms with E-state index in [1.807, 2.05) is 55.4 Å². The van der Waals surface area contributed by atoms with Crippen molar-refractivity contribution in [3.63, 3.8) is 0 Å². The lowest BCUT2D eigenvalue weighted by molar-refractivity contribution is -0.00863. The largest absolute Gasteiger partial charge is 0.390 e. The molecular weight excluding hydrogens is 865 g/mol. The fourth-order valence-corrected chi connectivity index (χ4v) is 9.83. The van der Waals surface area contributed by atoms with E-state index < -0.39 is 50.4 Å². The van der Waals surface area contributed by atoms with Crippen LogP contribution in [0.2, 0.25) is 0 Å². The molecule has 9 N–H and O–H groups in total. The highest BCUT2D eigenvalue weighted by atomic mass is 16.3. The molecule has 0 aliphatic heterocycles. The van der Waals surface area contributed by atoms with E-state index in [-0.39, 0.29) is 0 Å². The Morgan fingerprint density at radius 2 is 0.536 bits per heavy atom. The van der Waals surface area contributed by atoms with E-state index in [1.54, 1.807) is 13.0 Å². The Hall–Kier alpha value is -1.40. The molecule has 0 aromatic carbocycles. The third kappa shape index (κ3) is 38.8. The molecule has 9 heteroatoms. The highest BCUT2D eigenvalue weighted by Gasteiger charge is 2.31. The first-order chi connectivity index (χ1) is 31.4. The molecule has 9 atom stereocenters.